The van der Waals surface area contributed by atoms with E-state index in [0.29, 0.717) is 0 Å². The Kier molecular flexibility index (Phi) is 6.24. The summed E-state index contributed by atoms with van der Waals surface area (Å²) in [5.74, 6) is 0.265. The quantitative estimate of drug-likeness (QED) is 0.891. The second-order valence-corrected chi connectivity index (χ2v) is 6.19. The van der Waals surface area contributed by atoms with Crippen LogP contribution in [-0.2, 0) is 22.4 Å². The van der Waals surface area contributed by atoms with Crippen molar-refractivity contribution in [1.29, 1.82) is 0 Å². The lowest BCUT2D eigenvalue weighted by molar-refractivity contribution is -0.125. The van der Waals surface area contributed by atoms with Crippen LogP contribution in [0.2, 0.25) is 0 Å². The number of carbonyl (C=O) groups excluding carboxylic acids is 1. The Morgan fingerprint density at radius 2 is 1.86 bits per heavy atom. The van der Waals surface area contributed by atoms with Gasteiger partial charge in [0.15, 0.2) is 0 Å². The maximum Gasteiger partial charge on any atom is 0.237 e. The van der Waals surface area contributed by atoms with Crippen LogP contribution in [0.1, 0.15) is 30.4 Å². The van der Waals surface area contributed by atoms with Gasteiger partial charge in [0.2, 0.25) is 5.91 Å². The number of halogens is 1. The monoisotopic (exact) mass is 324 g/mol. The summed E-state index contributed by atoms with van der Waals surface area (Å²) in [6.45, 7) is 1.45. The van der Waals surface area contributed by atoms with Crippen molar-refractivity contribution in [3.8, 4) is 0 Å². The Balaban J connectivity index is 0.00000176. The van der Waals surface area contributed by atoms with Crippen LogP contribution in [0.3, 0.4) is 0 Å². The first-order valence-corrected chi connectivity index (χ1v) is 7.94. The molecule has 2 unspecified atom stereocenters. The predicted molar refractivity (Wildman–Crippen MR) is 89.2 cm³/mol. The van der Waals surface area contributed by atoms with Crippen LogP contribution in [0.4, 0.5) is 0 Å². The van der Waals surface area contributed by atoms with Crippen molar-refractivity contribution in [1.82, 2.24) is 5.32 Å². The van der Waals surface area contributed by atoms with E-state index in [4.69, 9.17) is 10.5 Å². The SMILES string of the molecule is Cl.NC(C(=O)NC1CCc2ccccc2C1)C1CCOCC1. The zero-order chi connectivity index (χ0) is 14.7. The molecule has 1 saturated heterocycles. The number of nitrogens with two attached hydrogens (primary N) is 1. The maximum atomic E-state index is 12.3. The minimum absolute atomic E-state index is 0. The van der Waals surface area contributed by atoms with Gasteiger partial charge in [0, 0.05) is 19.3 Å². The lowest BCUT2D eigenvalue weighted by atomic mass is 9.87. The van der Waals surface area contributed by atoms with Crippen LogP contribution in [-0.4, -0.2) is 31.2 Å². The molecule has 0 spiro atoms. The predicted octanol–water partition coefficient (Wildman–Crippen LogP) is 1.84. The average molecular weight is 325 g/mol. The Morgan fingerprint density at radius 3 is 2.59 bits per heavy atom. The molecule has 3 N–H and O–H groups in total. The van der Waals surface area contributed by atoms with Crippen LogP contribution in [0.25, 0.3) is 0 Å². The first-order chi connectivity index (χ1) is 10.2. The fourth-order valence-electron chi connectivity index (χ4n) is 3.41. The Labute approximate surface area is 138 Å². The summed E-state index contributed by atoms with van der Waals surface area (Å²) in [5, 5.41) is 3.15. The number of hydrogen-bond donors (Lipinski definition) is 2. The number of aryl methyl sites for hydroxylation is 1. The van der Waals surface area contributed by atoms with Gasteiger partial charge in [-0.1, -0.05) is 24.3 Å². The van der Waals surface area contributed by atoms with Gasteiger partial charge in [-0.05, 0) is 49.1 Å². The second kappa shape index (κ2) is 7.95. The molecule has 22 heavy (non-hydrogen) atoms. The molecule has 122 valence electrons. The molecule has 1 amide bonds. The summed E-state index contributed by atoms with van der Waals surface area (Å²) in [7, 11) is 0. The van der Waals surface area contributed by atoms with Crippen LogP contribution in [0.15, 0.2) is 24.3 Å². The molecule has 3 rings (SSSR count). The van der Waals surface area contributed by atoms with Crippen molar-refractivity contribution < 1.29 is 9.53 Å². The molecule has 2 aliphatic rings. The molecule has 1 aromatic rings. The van der Waals surface area contributed by atoms with Crippen molar-refractivity contribution >= 4 is 18.3 Å². The van der Waals surface area contributed by atoms with Gasteiger partial charge in [0.05, 0.1) is 6.04 Å². The first-order valence-electron chi connectivity index (χ1n) is 7.94. The lowest BCUT2D eigenvalue weighted by Crippen LogP contribution is -2.51. The number of amides is 1. The molecule has 1 heterocycles. The van der Waals surface area contributed by atoms with Gasteiger partial charge < -0.3 is 15.8 Å². The molecular formula is C17H25ClN2O2. The number of rotatable bonds is 3. The fourth-order valence-corrected chi connectivity index (χ4v) is 3.41. The summed E-state index contributed by atoms with van der Waals surface area (Å²) in [5.41, 5.74) is 8.91. The highest BCUT2D eigenvalue weighted by Crippen LogP contribution is 2.22. The van der Waals surface area contributed by atoms with Gasteiger partial charge in [0.25, 0.3) is 0 Å². The molecule has 0 radical (unpaired) electrons. The van der Waals surface area contributed by atoms with E-state index in [1.165, 1.54) is 11.1 Å². The topological polar surface area (TPSA) is 64.4 Å². The van der Waals surface area contributed by atoms with Crippen LogP contribution < -0.4 is 11.1 Å². The standard InChI is InChI=1S/C17H24N2O2.ClH/c18-16(13-7-9-21-10-8-13)17(20)19-15-6-5-12-3-1-2-4-14(12)11-15;/h1-4,13,15-16H,5-11,18H2,(H,19,20);1H. The molecule has 1 aliphatic heterocycles. The molecule has 4 nitrogen and oxygen atoms in total. The van der Waals surface area contributed by atoms with E-state index in [9.17, 15) is 4.79 Å². The van der Waals surface area contributed by atoms with Gasteiger partial charge in [0.1, 0.15) is 0 Å². The third kappa shape index (κ3) is 4.00. The molecule has 2 atom stereocenters. The highest BCUT2D eigenvalue weighted by Gasteiger charge is 2.28. The first kappa shape index (κ1) is 17.3. The highest BCUT2D eigenvalue weighted by molar-refractivity contribution is 5.85. The van der Waals surface area contributed by atoms with E-state index in [1.54, 1.807) is 0 Å². The van der Waals surface area contributed by atoms with Gasteiger partial charge >= 0.3 is 0 Å². The number of hydrogen-bond acceptors (Lipinski definition) is 3. The van der Waals surface area contributed by atoms with Gasteiger partial charge in [-0.15, -0.1) is 12.4 Å². The smallest absolute Gasteiger partial charge is 0.237 e. The second-order valence-electron chi connectivity index (χ2n) is 6.19. The average Bonchev–Trinajstić information content (AvgIpc) is 2.55. The molecule has 1 aliphatic carbocycles. The van der Waals surface area contributed by atoms with Crippen molar-refractivity contribution in [3.63, 3.8) is 0 Å². The molecule has 0 aromatic heterocycles. The third-order valence-electron chi connectivity index (χ3n) is 4.77. The van der Waals surface area contributed by atoms with E-state index in [0.717, 1.165) is 45.3 Å². The van der Waals surface area contributed by atoms with Crippen molar-refractivity contribution in [3.05, 3.63) is 35.4 Å². The van der Waals surface area contributed by atoms with Crippen LogP contribution in [0.5, 0.6) is 0 Å². The zero-order valence-corrected chi connectivity index (χ0v) is 13.6. The largest absolute Gasteiger partial charge is 0.381 e. The van der Waals surface area contributed by atoms with E-state index in [1.807, 2.05) is 0 Å². The van der Waals surface area contributed by atoms with E-state index >= 15 is 0 Å². The Bertz CT molecular complexity index is 503. The normalized spacial score (nSPS) is 23.0. The molecule has 0 bridgehead atoms. The zero-order valence-electron chi connectivity index (χ0n) is 12.8. The lowest BCUT2D eigenvalue weighted by Gasteiger charge is -2.30. The van der Waals surface area contributed by atoms with E-state index < -0.39 is 6.04 Å². The summed E-state index contributed by atoms with van der Waals surface area (Å²) < 4.78 is 5.33. The highest BCUT2D eigenvalue weighted by atomic mass is 35.5. The number of carbonyl (C=O) groups is 1. The number of fused-ring (bicyclic) bond motifs is 1. The Hall–Kier alpha value is -1.10. The maximum absolute atomic E-state index is 12.3. The summed E-state index contributed by atoms with van der Waals surface area (Å²) in [6, 6.07) is 8.31. The van der Waals surface area contributed by atoms with Crippen LogP contribution >= 0.6 is 12.4 Å². The van der Waals surface area contributed by atoms with Gasteiger partial charge in [-0.2, -0.15) is 0 Å². The summed E-state index contributed by atoms with van der Waals surface area (Å²) >= 11 is 0. The molecule has 5 heteroatoms. The third-order valence-corrected chi connectivity index (χ3v) is 4.77. The minimum atomic E-state index is -0.397. The number of ether oxygens (including phenoxy) is 1. The van der Waals surface area contributed by atoms with Crippen molar-refractivity contribution in [2.24, 2.45) is 11.7 Å². The molecule has 0 saturated carbocycles. The molecular weight excluding hydrogens is 300 g/mol. The van der Waals surface area contributed by atoms with Crippen molar-refractivity contribution in [2.75, 3.05) is 13.2 Å². The van der Waals surface area contributed by atoms with E-state index in [-0.39, 0.29) is 30.3 Å². The van der Waals surface area contributed by atoms with Crippen LogP contribution in [0, 0.1) is 5.92 Å². The molecule has 1 fully saturated rings. The van der Waals surface area contributed by atoms with Crippen molar-refractivity contribution in [2.45, 2.75) is 44.2 Å². The summed E-state index contributed by atoms with van der Waals surface area (Å²) in [6.07, 6.45) is 4.74. The number of benzene rings is 1. The Morgan fingerprint density at radius 1 is 1.18 bits per heavy atom. The van der Waals surface area contributed by atoms with Gasteiger partial charge in [-0.25, -0.2) is 0 Å². The summed E-state index contributed by atoms with van der Waals surface area (Å²) in [4.78, 5) is 12.3. The minimum Gasteiger partial charge on any atom is -0.381 e. The van der Waals surface area contributed by atoms with E-state index in [2.05, 4.69) is 29.6 Å². The molecule has 1 aromatic carbocycles. The van der Waals surface area contributed by atoms with Gasteiger partial charge in [-0.3, -0.25) is 4.79 Å². The fraction of sp³-hybridized carbons (Fsp3) is 0.588. The number of nitrogens with one attached hydrogen (secondary N) is 1.